The van der Waals surface area contributed by atoms with Gasteiger partial charge in [-0.2, -0.15) is 0 Å². The Morgan fingerprint density at radius 1 is 1.50 bits per heavy atom. The van der Waals surface area contributed by atoms with Crippen LogP contribution in [0.4, 0.5) is 4.39 Å². The molecule has 0 amide bonds. The van der Waals surface area contributed by atoms with Crippen molar-refractivity contribution in [3.8, 4) is 11.5 Å². The van der Waals surface area contributed by atoms with Crippen LogP contribution in [0.3, 0.4) is 0 Å². The van der Waals surface area contributed by atoms with E-state index in [1.165, 1.54) is 19.2 Å². The minimum absolute atomic E-state index is 0.0768. The molecule has 94 valence electrons. The number of benzene rings is 1. The van der Waals surface area contributed by atoms with Gasteiger partial charge >= 0.3 is 5.97 Å². The van der Waals surface area contributed by atoms with Crippen LogP contribution >= 0.6 is 11.6 Å². The third-order valence-corrected chi connectivity index (χ3v) is 2.65. The average molecular weight is 270 g/mol. The van der Waals surface area contributed by atoms with Gasteiger partial charge < -0.3 is 9.15 Å². The molecule has 4 nitrogen and oxygen atoms in total. The van der Waals surface area contributed by atoms with Crippen LogP contribution < -0.4 is 0 Å². The molecule has 0 bridgehead atoms. The smallest absolute Gasteiger partial charge is 0.360 e. The van der Waals surface area contributed by atoms with Crippen LogP contribution in [0.15, 0.2) is 22.6 Å². The molecule has 1 aromatic carbocycles. The lowest BCUT2D eigenvalue weighted by atomic mass is 10.2. The van der Waals surface area contributed by atoms with Gasteiger partial charge in [-0.05, 0) is 25.1 Å². The Morgan fingerprint density at radius 3 is 2.83 bits per heavy atom. The van der Waals surface area contributed by atoms with E-state index >= 15 is 0 Å². The third-order valence-electron chi connectivity index (χ3n) is 2.34. The van der Waals surface area contributed by atoms with E-state index in [0.29, 0.717) is 11.3 Å². The Morgan fingerprint density at radius 2 is 2.22 bits per heavy atom. The molecular formula is C12H9ClFNO3. The Bertz CT molecular complexity index is 609. The van der Waals surface area contributed by atoms with Crippen LogP contribution in [0.1, 0.15) is 16.2 Å². The summed E-state index contributed by atoms with van der Waals surface area (Å²) in [5.41, 5.74) is 0.490. The van der Waals surface area contributed by atoms with Crippen molar-refractivity contribution in [1.29, 1.82) is 0 Å². The van der Waals surface area contributed by atoms with Gasteiger partial charge in [-0.1, -0.05) is 11.6 Å². The van der Waals surface area contributed by atoms with Gasteiger partial charge in [0.1, 0.15) is 11.6 Å². The number of methoxy groups -OCH3 is 1. The maximum absolute atomic E-state index is 12.9. The van der Waals surface area contributed by atoms with E-state index in [-0.39, 0.29) is 16.6 Å². The highest BCUT2D eigenvalue weighted by Gasteiger charge is 2.19. The SMILES string of the molecule is COC(=O)c1nc(-c2ccc(F)cc2Cl)oc1C. The Labute approximate surface area is 107 Å². The Hall–Kier alpha value is -1.88. The monoisotopic (exact) mass is 269 g/mol. The quantitative estimate of drug-likeness (QED) is 0.786. The van der Waals surface area contributed by atoms with Crippen molar-refractivity contribution >= 4 is 17.6 Å². The highest BCUT2D eigenvalue weighted by molar-refractivity contribution is 6.33. The number of rotatable bonds is 2. The number of oxazole rings is 1. The highest BCUT2D eigenvalue weighted by Crippen LogP contribution is 2.29. The van der Waals surface area contributed by atoms with Gasteiger partial charge in [0.05, 0.1) is 17.7 Å². The lowest BCUT2D eigenvalue weighted by Crippen LogP contribution is -2.03. The number of esters is 1. The summed E-state index contributed by atoms with van der Waals surface area (Å²) in [6.07, 6.45) is 0. The molecule has 1 aromatic heterocycles. The van der Waals surface area contributed by atoms with Gasteiger partial charge in [-0.25, -0.2) is 14.2 Å². The fraction of sp³-hybridized carbons (Fsp3) is 0.167. The summed E-state index contributed by atoms with van der Waals surface area (Å²) in [6.45, 7) is 1.58. The van der Waals surface area contributed by atoms with Crippen molar-refractivity contribution in [2.24, 2.45) is 0 Å². The predicted octanol–water partition coefficient (Wildman–Crippen LogP) is 3.23. The van der Waals surface area contributed by atoms with E-state index in [1.807, 2.05) is 0 Å². The molecule has 18 heavy (non-hydrogen) atoms. The number of aryl methyl sites for hydroxylation is 1. The van der Waals surface area contributed by atoms with Gasteiger partial charge in [-0.3, -0.25) is 0 Å². The fourth-order valence-electron chi connectivity index (χ4n) is 1.46. The third kappa shape index (κ3) is 2.22. The molecule has 0 unspecified atom stereocenters. The first-order chi connectivity index (χ1) is 8.52. The second-order valence-corrected chi connectivity index (χ2v) is 3.95. The van der Waals surface area contributed by atoms with Gasteiger partial charge in [0.2, 0.25) is 5.89 Å². The van der Waals surface area contributed by atoms with Crippen molar-refractivity contribution < 1.29 is 18.3 Å². The molecule has 0 radical (unpaired) electrons. The fourth-order valence-corrected chi connectivity index (χ4v) is 1.71. The van der Waals surface area contributed by atoms with Gasteiger partial charge in [-0.15, -0.1) is 0 Å². The first-order valence-corrected chi connectivity index (χ1v) is 5.42. The number of ether oxygens (including phenoxy) is 1. The summed E-state index contributed by atoms with van der Waals surface area (Å²) in [5.74, 6) is -0.587. The summed E-state index contributed by atoms with van der Waals surface area (Å²) in [4.78, 5) is 15.4. The molecule has 2 aromatic rings. The molecular weight excluding hydrogens is 261 g/mol. The van der Waals surface area contributed by atoms with Crippen LogP contribution in [0.5, 0.6) is 0 Å². The van der Waals surface area contributed by atoms with Crippen LogP contribution in [0, 0.1) is 12.7 Å². The molecule has 6 heteroatoms. The van der Waals surface area contributed by atoms with E-state index in [1.54, 1.807) is 6.92 Å². The zero-order chi connectivity index (χ0) is 13.3. The minimum atomic E-state index is -0.597. The molecule has 0 fully saturated rings. The minimum Gasteiger partial charge on any atom is -0.464 e. The summed E-state index contributed by atoms with van der Waals surface area (Å²) < 4.78 is 22.8. The lowest BCUT2D eigenvalue weighted by molar-refractivity contribution is 0.0593. The van der Waals surface area contributed by atoms with Gasteiger partial charge in [0, 0.05) is 0 Å². The molecule has 1 heterocycles. The Balaban J connectivity index is 2.49. The van der Waals surface area contributed by atoms with E-state index in [2.05, 4.69) is 9.72 Å². The number of hydrogen-bond acceptors (Lipinski definition) is 4. The second kappa shape index (κ2) is 4.78. The number of hydrogen-bond donors (Lipinski definition) is 0. The topological polar surface area (TPSA) is 52.3 Å². The highest BCUT2D eigenvalue weighted by atomic mass is 35.5. The summed E-state index contributed by atoms with van der Waals surface area (Å²) in [6, 6.07) is 3.82. The number of carbonyl (C=O) groups excluding carboxylic acids is 1. The Kier molecular flexibility index (Phi) is 3.34. The van der Waals surface area contributed by atoms with Crippen LogP contribution in [0.25, 0.3) is 11.5 Å². The molecule has 2 rings (SSSR count). The maximum atomic E-state index is 12.9. The standard InChI is InChI=1S/C12H9ClFNO3/c1-6-10(12(16)17-2)15-11(18-6)8-4-3-7(14)5-9(8)13/h3-5H,1-2H3. The molecule has 0 aliphatic rings. The van der Waals surface area contributed by atoms with E-state index in [4.69, 9.17) is 16.0 Å². The lowest BCUT2D eigenvalue weighted by Gasteiger charge is -1.98. The number of carbonyl (C=O) groups is 1. The van der Waals surface area contributed by atoms with Crippen LogP contribution in [-0.4, -0.2) is 18.1 Å². The summed E-state index contributed by atoms with van der Waals surface area (Å²) >= 11 is 5.88. The van der Waals surface area contributed by atoms with Crippen LogP contribution in [0.2, 0.25) is 5.02 Å². The zero-order valence-corrected chi connectivity index (χ0v) is 10.4. The number of nitrogens with zero attached hydrogens (tertiary/aromatic N) is 1. The van der Waals surface area contributed by atoms with E-state index in [9.17, 15) is 9.18 Å². The number of halogens is 2. The number of aromatic nitrogens is 1. The molecule has 0 N–H and O–H groups in total. The molecule has 0 atom stereocenters. The zero-order valence-electron chi connectivity index (χ0n) is 9.66. The van der Waals surface area contributed by atoms with Crippen molar-refractivity contribution in [1.82, 2.24) is 4.98 Å². The van der Waals surface area contributed by atoms with Crippen molar-refractivity contribution in [2.75, 3.05) is 7.11 Å². The van der Waals surface area contributed by atoms with Crippen molar-refractivity contribution in [3.63, 3.8) is 0 Å². The largest absolute Gasteiger partial charge is 0.464 e. The van der Waals surface area contributed by atoms with E-state index in [0.717, 1.165) is 6.07 Å². The average Bonchev–Trinajstić information content (AvgIpc) is 2.70. The second-order valence-electron chi connectivity index (χ2n) is 3.54. The predicted molar refractivity (Wildman–Crippen MR) is 63.0 cm³/mol. The summed E-state index contributed by atoms with van der Waals surface area (Å²) in [5, 5.41) is 0.160. The molecule has 0 spiro atoms. The van der Waals surface area contributed by atoms with E-state index < -0.39 is 11.8 Å². The normalized spacial score (nSPS) is 10.4. The summed E-state index contributed by atoms with van der Waals surface area (Å²) in [7, 11) is 1.25. The van der Waals surface area contributed by atoms with Gasteiger partial charge in [0.15, 0.2) is 5.69 Å². The maximum Gasteiger partial charge on any atom is 0.360 e. The van der Waals surface area contributed by atoms with Crippen molar-refractivity contribution in [2.45, 2.75) is 6.92 Å². The first-order valence-electron chi connectivity index (χ1n) is 5.04. The van der Waals surface area contributed by atoms with Crippen LogP contribution in [-0.2, 0) is 4.74 Å². The van der Waals surface area contributed by atoms with Gasteiger partial charge in [0.25, 0.3) is 0 Å². The first kappa shape index (κ1) is 12.6. The van der Waals surface area contributed by atoms with Crippen molar-refractivity contribution in [3.05, 3.63) is 40.5 Å². The molecule has 0 saturated carbocycles. The molecule has 0 saturated heterocycles. The molecule has 0 aliphatic carbocycles. The molecule has 0 aliphatic heterocycles.